The van der Waals surface area contributed by atoms with Crippen LogP contribution in [0.4, 0.5) is 0 Å². The minimum absolute atomic E-state index is 0. The summed E-state index contributed by atoms with van der Waals surface area (Å²) in [5, 5.41) is 13.5. The second kappa shape index (κ2) is 15.8. The second-order valence-corrected chi connectivity index (χ2v) is 17.7. The molecule has 9 aromatic rings. The zero-order valence-corrected chi connectivity index (χ0v) is 37.4. The zero-order chi connectivity index (χ0) is 41.1. The molecule has 3 aromatic heterocycles. The Bertz CT molecular complexity index is 3010. The molecule has 0 bridgehead atoms. The summed E-state index contributed by atoms with van der Waals surface area (Å²) >= 11 is 0. The number of fused-ring (bicyclic) bond motifs is 3. The van der Waals surface area contributed by atoms with E-state index in [1.165, 1.54) is 27.4 Å². The Morgan fingerprint density at radius 2 is 1.12 bits per heavy atom. The van der Waals surface area contributed by atoms with E-state index in [0.717, 1.165) is 61.5 Å². The van der Waals surface area contributed by atoms with Crippen LogP contribution in [0.15, 0.2) is 158 Å². The van der Waals surface area contributed by atoms with E-state index < -0.39 is 0 Å². The van der Waals surface area contributed by atoms with Gasteiger partial charge in [-0.25, -0.2) is 0 Å². The summed E-state index contributed by atoms with van der Waals surface area (Å²) in [4.78, 5) is 10.2. The molecule has 0 saturated carbocycles. The maximum absolute atomic E-state index is 11.1. The van der Waals surface area contributed by atoms with Crippen LogP contribution in [0.5, 0.6) is 5.75 Å². The van der Waals surface area contributed by atoms with Crippen molar-refractivity contribution < 1.29 is 26.2 Å². The van der Waals surface area contributed by atoms with Crippen molar-refractivity contribution in [2.75, 3.05) is 0 Å². The summed E-state index contributed by atoms with van der Waals surface area (Å²) in [6.45, 7) is 15.7. The van der Waals surface area contributed by atoms with Crippen LogP contribution < -0.4 is 0 Å². The van der Waals surface area contributed by atoms with Gasteiger partial charge in [0.25, 0.3) is 0 Å². The minimum atomic E-state index is -0.0448. The number of aromatic hydroxyl groups is 1. The summed E-state index contributed by atoms with van der Waals surface area (Å²) in [5.41, 5.74) is 16.1. The summed E-state index contributed by atoms with van der Waals surface area (Å²) in [6, 6.07) is 56.8. The van der Waals surface area contributed by atoms with Crippen molar-refractivity contribution in [3.05, 3.63) is 181 Å². The number of benzene rings is 6. The van der Waals surface area contributed by atoms with E-state index in [-0.39, 0.29) is 37.6 Å². The number of hydrogen-bond acceptors (Lipinski definition) is 3. The minimum Gasteiger partial charge on any atom is -0.507 e. The molecule has 3 heterocycles. The summed E-state index contributed by atoms with van der Waals surface area (Å²) in [7, 11) is 0. The molecule has 0 saturated heterocycles. The van der Waals surface area contributed by atoms with Crippen LogP contribution in [-0.2, 0) is 31.9 Å². The Hall–Kier alpha value is -6.09. The van der Waals surface area contributed by atoms with Crippen LogP contribution >= 0.6 is 0 Å². The molecule has 0 radical (unpaired) electrons. The van der Waals surface area contributed by atoms with Gasteiger partial charge >= 0.3 is 0 Å². The van der Waals surface area contributed by atoms with E-state index >= 15 is 0 Å². The van der Waals surface area contributed by atoms with E-state index in [0.29, 0.717) is 11.3 Å². The molecule has 0 aliphatic heterocycles. The predicted octanol–water partition coefficient (Wildman–Crippen LogP) is 14.3. The molecular formula is C55H48N3OPt-. The molecule has 0 fully saturated rings. The van der Waals surface area contributed by atoms with E-state index in [1.54, 1.807) is 6.07 Å². The fourth-order valence-corrected chi connectivity index (χ4v) is 8.16. The largest absolute Gasteiger partial charge is 0.507 e. The normalized spacial score (nSPS) is 11.8. The van der Waals surface area contributed by atoms with Gasteiger partial charge in [-0.2, -0.15) is 0 Å². The monoisotopic (exact) mass is 961 g/mol. The smallest absolute Gasteiger partial charge is 0.124 e. The predicted molar refractivity (Wildman–Crippen MR) is 246 cm³/mol. The van der Waals surface area contributed by atoms with Gasteiger partial charge in [0.2, 0.25) is 0 Å². The summed E-state index contributed by atoms with van der Waals surface area (Å²) in [6.07, 6.45) is 1.90. The van der Waals surface area contributed by atoms with E-state index in [9.17, 15) is 5.11 Å². The average molecular weight is 962 g/mol. The molecular weight excluding hydrogens is 914 g/mol. The maximum Gasteiger partial charge on any atom is 0.124 e. The number of para-hydroxylation sites is 4. The van der Waals surface area contributed by atoms with Crippen LogP contribution in [-0.4, -0.2) is 19.6 Å². The first kappa shape index (κ1) is 40.7. The molecule has 1 N–H and O–H groups in total. The van der Waals surface area contributed by atoms with Crippen LogP contribution in [0, 0.1) is 13.0 Å². The first-order chi connectivity index (χ1) is 28.3. The number of pyridine rings is 2. The fraction of sp³-hybridized carbons (Fsp3) is 0.164. The van der Waals surface area contributed by atoms with E-state index in [4.69, 9.17) is 9.97 Å². The van der Waals surface area contributed by atoms with Crippen molar-refractivity contribution in [2.45, 2.75) is 59.3 Å². The quantitative estimate of drug-likeness (QED) is 0.169. The average Bonchev–Trinajstić information content (AvgIpc) is 3.58. The van der Waals surface area contributed by atoms with Gasteiger partial charge in [0.15, 0.2) is 0 Å². The van der Waals surface area contributed by atoms with Crippen molar-refractivity contribution in [1.29, 1.82) is 0 Å². The molecule has 6 aromatic carbocycles. The van der Waals surface area contributed by atoms with E-state index in [1.807, 2.05) is 24.4 Å². The van der Waals surface area contributed by atoms with E-state index in [2.05, 4.69) is 186 Å². The molecule has 0 amide bonds. The van der Waals surface area contributed by atoms with Gasteiger partial charge in [-0.3, -0.25) is 9.97 Å². The first-order valence-electron chi connectivity index (χ1n) is 20.4. The first-order valence-corrected chi connectivity index (χ1v) is 20.4. The van der Waals surface area contributed by atoms with Gasteiger partial charge < -0.3 is 9.67 Å². The number of aromatic nitrogens is 3. The van der Waals surface area contributed by atoms with Crippen molar-refractivity contribution in [1.82, 2.24) is 14.5 Å². The molecule has 9 rings (SSSR count). The Labute approximate surface area is 367 Å². The molecule has 4 nitrogen and oxygen atoms in total. The Balaban J connectivity index is 0.00000499. The third-order valence-electron chi connectivity index (χ3n) is 11.3. The van der Waals surface area contributed by atoms with Crippen LogP contribution in [0.1, 0.15) is 58.2 Å². The van der Waals surface area contributed by atoms with Crippen molar-refractivity contribution >= 4 is 21.8 Å². The Kier molecular flexibility index (Phi) is 10.7. The third kappa shape index (κ3) is 7.73. The summed E-state index contributed by atoms with van der Waals surface area (Å²) in [5.74, 6) is 0.193. The van der Waals surface area contributed by atoms with Crippen molar-refractivity contribution in [3.63, 3.8) is 0 Å². The molecule has 5 heteroatoms. The van der Waals surface area contributed by atoms with Gasteiger partial charge in [-0.1, -0.05) is 157 Å². The maximum atomic E-state index is 11.1. The number of rotatable bonds is 6. The zero-order valence-electron chi connectivity index (χ0n) is 35.1. The SMILES string of the molecule is Cc1cc(-c2cc(-c3cccc4c5ccccc5n(-c5ccccc5)c34)ccn2)[c-]c(-c2cc(-c3cc(C(C)(C)C)cc(C(C)(C)C)c3)cc(-c3ccccc3O)n2)c1.[Pt]. The van der Waals surface area contributed by atoms with Crippen LogP contribution in [0.3, 0.4) is 0 Å². The number of phenols is 1. The van der Waals surface area contributed by atoms with Gasteiger partial charge in [-0.15, -0.1) is 23.8 Å². The molecule has 0 aliphatic rings. The van der Waals surface area contributed by atoms with Crippen LogP contribution in [0.2, 0.25) is 0 Å². The topological polar surface area (TPSA) is 50.9 Å². The van der Waals surface area contributed by atoms with Crippen molar-refractivity contribution in [2.24, 2.45) is 0 Å². The Morgan fingerprint density at radius 3 is 1.83 bits per heavy atom. The molecule has 0 unspecified atom stereocenters. The van der Waals surface area contributed by atoms with Gasteiger partial charge in [0, 0.05) is 66.2 Å². The van der Waals surface area contributed by atoms with Gasteiger partial charge in [0.1, 0.15) is 5.75 Å². The van der Waals surface area contributed by atoms with Crippen LogP contribution in [0.25, 0.3) is 83.5 Å². The summed E-state index contributed by atoms with van der Waals surface area (Å²) < 4.78 is 2.37. The molecule has 60 heavy (non-hydrogen) atoms. The molecule has 0 spiro atoms. The molecule has 300 valence electrons. The number of phenolic OH excluding ortho intramolecular Hbond substituents is 1. The number of nitrogens with zero attached hydrogens (tertiary/aromatic N) is 3. The Morgan fingerprint density at radius 1 is 0.533 bits per heavy atom. The third-order valence-corrected chi connectivity index (χ3v) is 11.3. The molecule has 0 atom stereocenters. The van der Waals surface area contributed by atoms with Gasteiger partial charge in [-0.05, 0) is 81.1 Å². The fourth-order valence-electron chi connectivity index (χ4n) is 8.16. The standard InChI is InChI=1S/C55H48N3O.Pt/c1-35-26-39(48-31-36(24-25-56-48)44-20-15-21-46-45-18-11-13-22-51(45)58(53(44)46)43-16-9-8-10-17-43)28-40(27-35)49-32-38(33-50(57-49)47-19-12-14-23-52(47)59)37-29-41(54(2,3)4)34-42(30-37)55(5,6)7;/h8-27,29-34,59H,1-7H3;/q-1;. The number of aryl methyl sites for hydroxylation is 1. The number of hydrogen-bond donors (Lipinski definition) is 1. The van der Waals surface area contributed by atoms with Crippen molar-refractivity contribution in [3.8, 4) is 67.5 Å². The second-order valence-electron chi connectivity index (χ2n) is 17.7. The molecule has 0 aliphatic carbocycles. The van der Waals surface area contributed by atoms with Gasteiger partial charge in [0.05, 0.1) is 16.7 Å².